The number of carbonyl (C=O) groups is 2. The van der Waals surface area contributed by atoms with E-state index in [1.54, 1.807) is 11.8 Å². The normalized spacial score (nSPS) is 24.9. The molecule has 2 heterocycles. The van der Waals surface area contributed by atoms with Crippen LogP contribution in [-0.4, -0.2) is 41.1 Å². The van der Waals surface area contributed by atoms with Gasteiger partial charge in [0, 0.05) is 23.1 Å². The zero-order valence-corrected chi connectivity index (χ0v) is 12.5. The van der Waals surface area contributed by atoms with Crippen LogP contribution in [-0.2, 0) is 9.59 Å². The molecule has 4 nitrogen and oxygen atoms in total. The largest absolute Gasteiger partial charge is 0.295 e. The summed E-state index contributed by atoms with van der Waals surface area (Å²) < 4.78 is 0. The minimum atomic E-state index is -0.654. The third-order valence-corrected chi connectivity index (χ3v) is 5.22. The van der Waals surface area contributed by atoms with E-state index in [-0.39, 0.29) is 24.3 Å². The molecule has 1 unspecified atom stereocenters. The SMILES string of the molecule is CC1(C)NCC(=O)N(CC2CSc3ccccc32)C1=O. The van der Waals surface area contributed by atoms with Gasteiger partial charge in [-0.15, -0.1) is 11.8 Å². The first-order valence-electron chi connectivity index (χ1n) is 6.80. The zero-order chi connectivity index (χ0) is 14.3. The maximum atomic E-state index is 12.4. The Kier molecular flexibility index (Phi) is 3.34. The highest BCUT2D eigenvalue weighted by atomic mass is 32.2. The average molecular weight is 290 g/mol. The molecule has 1 aromatic carbocycles. The summed E-state index contributed by atoms with van der Waals surface area (Å²) in [5, 5.41) is 2.99. The molecule has 1 saturated heterocycles. The Hall–Kier alpha value is -1.33. The minimum Gasteiger partial charge on any atom is -0.295 e. The van der Waals surface area contributed by atoms with Gasteiger partial charge in [-0.25, -0.2) is 0 Å². The van der Waals surface area contributed by atoms with Crippen molar-refractivity contribution in [3.63, 3.8) is 0 Å². The molecule has 1 aromatic rings. The fourth-order valence-corrected chi connectivity index (χ4v) is 3.95. The van der Waals surface area contributed by atoms with Crippen LogP contribution >= 0.6 is 11.8 Å². The van der Waals surface area contributed by atoms with Crippen molar-refractivity contribution in [2.75, 3.05) is 18.8 Å². The first-order valence-corrected chi connectivity index (χ1v) is 7.79. The molecule has 0 spiro atoms. The van der Waals surface area contributed by atoms with Gasteiger partial charge in [-0.3, -0.25) is 19.8 Å². The summed E-state index contributed by atoms with van der Waals surface area (Å²) in [6.07, 6.45) is 0. The van der Waals surface area contributed by atoms with Crippen molar-refractivity contribution in [2.45, 2.75) is 30.2 Å². The van der Waals surface area contributed by atoms with Gasteiger partial charge in [-0.05, 0) is 25.5 Å². The molecule has 0 aliphatic carbocycles. The molecular weight excluding hydrogens is 272 g/mol. The van der Waals surface area contributed by atoms with Crippen LogP contribution in [0.15, 0.2) is 29.2 Å². The molecule has 1 fully saturated rings. The predicted molar refractivity (Wildman–Crippen MR) is 78.7 cm³/mol. The lowest BCUT2D eigenvalue weighted by Gasteiger charge is -2.37. The smallest absolute Gasteiger partial charge is 0.248 e. The lowest BCUT2D eigenvalue weighted by Crippen LogP contribution is -2.64. The molecule has 0 aromatic heterocycles. The molecule has 2 aliphatic heterocycles. The lowest BCUT2D eigenvalue weighted by molar-refractivity contribution is -0.152. The number of amides is 2. The second-order valence-corrected chi connectivity index (χ2v) is 6.90. The summed E-state index contributed by atoms with van der Waals surface area (Å²) in [5.74, 6) is 0.939. The van der Waals surface area contributed by atoms with Gasteiger partial charge in [-0.2, -0.15) is 0 Å². The number of rotatable bonds is 2. The second-order valence-electron chi connectivity index (χ2n) is 5.83. The van der Waals surface area contributed by atoms with E-state index in [1.165, 1.54) is 15.4 Å². The number of thioether (sulfide) groups is 1. The number of hydrogen-bond donors (Lipinski definition) is 1. The molecule has 0 bridgehead atoms. The van der Waals surface area contributed by atoms with E-state index >= 15 is 0 Å². The maximum Gasteiger partial charge on any atom is 0.248 e. The highest BCUT2D eigenvalue weighted by Crippen LogP contribution is 2.39. The molecule has 3 rings (SSSR count). The Balaban J connectivity index is 1.81. The van der Waals surface area contributed by atoms with Gasteiger partial charge in [0.05, 0.1) is 12.1 Å². The van der Waals surface area contributed by atoms with E-state index in [1.807, 2.05) is 26.0 Å². The lowest BCUT2D eigenvalue weighted by atomic mass is 9.96. The van der Waals surface area contributed by atoms with Gasteiger partial charge >= 0.3 is 0 Å². The number of imide groups is 1. The molecule has 0 radical (unpaired) electrons. The van der Waals surface area contributed by atoms with E-state index in [2.05, 4.69) is 17.4 Å². The molecular formula is C15H18N2O2S. The predicted octanol–water partition coefficient (Wildman–Crippen LogP) is 1.61. The Morgan fingerprint density at radius 3 is 2.90 bits per heavy atom. The number of hydrogen-bond acceptors (Lipinski definition) is 4. The number of nitrogens with zero attached hydrogens (tertiary/aromatic N) is 1. The van der Waals surface area contributed by atoms with Crippen molar-refractivity contribution in [3.8, 4) is 0 Å². The first kappa shape index (κ1) is 13.6. The summed E-state index contributed by atoms with van der Waals surface area (Å²) in [7, 11) is 0. The average Bonchev–Trinajstić information content (AvgIpc) is 2.83. The number of fused-ring (bicyclic) bond motifs is 1. The van der Waals surface area contributed by atoms with Crippen molar-refractivity contribution in [1.82, 2.24) is 10.2 Å². The number of benzene rings is 1. The highest BCUT2D eigenvalue weighted by molar-refractivity contribution is 7.99. The summed E-state index contributed by atoms with van der Waals surface area (Å²) in [4.78, 5) is 27.1. The molecule has 1 N–H and O–H groups in total. The Morgan fingerprint density at radius 1 is 1.35 bits per heavy atom. The second kappa shape index (κ2) is 4.90. The molecule has 20 heavy (non-hydrogen) atoms. The number of nitrogens with one attached hydrogen (secondary N) is 1. The van der Waals surface area contributed by atoms with Crippen LogP contribution in [0.1, 0.15) is 25.3 Å². The quantitative estimate of drug-likeness (QED) is 0.841. The van der Waals surface area contributed by atoms with E-state index in [0.29, 0.717) is 6.54 Å². The Bertz CT molecular complexity index is 571. The highest BCUT2D eigenvalue weighted by Gasteiger charge is 2.41. The maximum absolute atomic E-state index is 12.4. The standard InChI is InChI=1S/C15H18N2O2S/c1-15(2)14(19)17(13(18)7-16-15)8-10-9-20-12-6-4-3-5-11(10)12/h3-6,10,16H,7-9H2,1-2H3. The molecule has 5 heteroatoms. The van der Waals surface area contributed by atoms with Gasteiger partial charge in [0.15, 0.2) is 0 Å². The van der Waals surface area contributed by atoms with Crippen molar-refractivity contribution in [1.29, 1.82) is 0 Å². The third kappa shape index (κ3) is 2.25. The van der Waals surface area contributed by atoms with Crippen LogP contribution in [0.5, 0.6) is 0 Å². The molecule has 0 saturated carbocycles. The zero-order valence-electron chi connectivity index (χ0n) is 11.7. The van der Waals surface area contributed by atoms with Crippen LogP contribution in [0.2, 0.25) is 0 Å². The summed E-state index contributed by atoms with van der Waals surface area (Å²) >= 11 is 1.80. The monoisotopic (exact) mass is 290 g/mol. The Morgan fingerprint density at radius 2 is 2.10 bits per heavy atom. The van der Waals surface area contributed by atoms with Crippen molar-refractivity contribution in [3.05, 3.63) is 29.8 Å². The summed E-state index contributed by atoms with van der Waals surface area (Å²) in [6, 6.07) is 8.25. The van der Waals surface area contributed by atoms with E-state index in [0.717, 1.165) is 5.75 Å². The fraction of sp³-hybridized carbons (Fsp3) is 0.467. The van der Waals surface area contributed by atoms with Crippen LogP contribution in [0.3, 0.4) is 0 Å². The van der Waals surface area contributed by atoms with Gasteiger partial charge in [0.1, 0.15) is 0 Å². The third-order valence-electron chi connectivity index (χ3n) is 3.96. The van der Waals surface area contributed by atoms with E-state index in [9.17, 15) is 9.59 Å². The van der Waals surface area contributed by atoms with Crippen molar-refractivity contribution in [2.24, 2.45) is 0 Å². The fourth-order valence-electron chi connectivity index (χ4n) is 2.70. The van der Waals surface area contributed by atoms with Crippen LogP contribution in [0.4, 0.5) is 0 Å². The van der Waals surface area contributed by atoms with Crippen molar-refractivity contribution < 1.29 is 9.59 Å². The molecule has 2 aliphatic rings. The molecule has 106 valence electrons. The summed E-state index contributed by atoms with van der Waals surface area (Å²) in [5.41, 5.74) is 0.605. The topological polar surface area (TPSA) is 49.4 Å². The van der Waals surface area contributed by atoms with Gasteiger partial charge in [-0.1, -0.05) is 18.2 Å². The number of carbonyl (C=O) groups excluding carboxylic acids is 2. The summed E-state index contributed by atoms with van der Waals surface area (Å²) in [6.45, 7) is 4.38. The van der Waals surface area contributed by atoms with E-state index < -0.39 is 5.54 Å². The number of piperazine rings is 1. The van der Waals surface area contributed by atoms with Crippen LogP contribution in [0.25, 0.3) is 0 Å². The molecule has 2 amide bonds. The van der Waals surface area contributed by atoms with Crippen molar-refractivity contribution >= 4 is 23.6 Å². The van der Waals surface area contributed by atoms with Gasteiger partial charge < -0.3 is 0 Å². The molecule has 1 atom stereocenters. The van der Waals surface area contributed by atoms with Crippen LogP contribution in [0, 0.1) is 0 Å². The Labute approximate surface area is 122 Å². The minimum absolute atomic E-state index is 0.122. The van der Waals surface area contributed by atoms with Gasteiger partial charge in [0.25, 0.3) is 0 Å². The van der Waals surface area contributed by atoms with Crippen LogP contribution < -0.4 is 5.32 Å². The first-order chi connectivity index (χ1) is 9.49. The van der Waals surface area contributed by atoms with E-state index in [4.69, 9.17) is 0 Å². The van der Waals surface area contributed by atoms with Gasteiger partial charge in [0.2, 0.25) is 11.8 Å².